The standard InChI is InChI=1S/C16H14BrNO2S/c17-15-4-1-9-18-16(15)21-12-11-20-14-7-5-13(6-8-14)3-2-10-19/h1,4-9,19H,10-12H2. The van der Waals surface area contributed by atoms with Gasteiger partial charge in [-0.05, 0) is 52.3 Å². The van der Waals surface area contributed by atoms with Gasteiger partial charge in [0.15, 0.2) is 0 Å². The predicted molar refractivity (Wildman–Crippen MR) is 88.6 cm³/mol. The SMILES string of the molecule is OCC#Cc1ccc(OCCSc2ncccc2Br)cc1. The van der Waals surface area contributed by atoms with E-state index in [2.05, 4.69) is 32.8 Å². The van der Waals surface area contributed by atoms with Crippen LogP contribution >= 0.6 is 27.7 Å². The van der Waals surface area contributed by atoms with E-state index in [9.17, 15) is 0 Å². The molecular formula is C16H14BrNO2S. The van der Waals surface area contributed by atoms with E-state index >= 15 is 0 Å². The number of halogens is 1. The third kappa shape index (κ3) is 5.43. The highest BCUT2D eigenvalue weighted by molar-refractivity contribution is 9.10. The van der Waals surface area contributed by atoms with E-state index in [1.807, 2.05) is 36.4 Å². The fraction of sp³-hybridized carbons (Fsp3) is 0.188. The van der Waals surface area contributed by atoms with Crippen LogP contribution in [0.3, 0.4) is 0 Å². The summed E-state index contributed by atoms with van der Waals surface area (Å²) >= 11 is 5.11. The number of nitrogens with zero attached hydrogens (tertiary/aromatic N) is 1. The minimum Gasteiger partial charge on any atom is -0.493 e. The van der Waals surface area contributed by atoms with Crippen LogP contribution in [0.15, 0.2) is 52.1 Å². The lowest BCUT2D eigenvalue weighted by Gasteiger charge is -2.06. The molecule has 0 saturated carbocycles. The van der Waals surface area contributed by atoms with Gasteiger partial charge < -0.3 is 9.84 Å². The number of hydrogen-bond donors (Lipinski definition) is 1. The highest BCUT2D eigenvalue weighted by Gasteiger charge is 2.01. The summed E-state index contributed by atoms with van der Waals surface area (Å²) in [6.45, 7) is 0.480. The average molecular weight is 364 g/mol. The van der Waals surface area contributed by atoms with Crippen LogP contribution in [0.2, 0.25) is 0 Å². The van der Waals surface area contributed by atoms with Crippen LogP contribution < -0.4 is 4.74 Å². The van der Waals surface area contributed by atoms with Gasteiger partial charge in [0, 0.05) is 22.0 Å². The van der Waals surface area contributed by atoms with Crippen LogP contribution in [0.4, 0.5) is 0 Å². The Labute approximate surface area is 136 Å². The molecule has 1 aromatic carbocycles. The second-order valence-corrected chi connectivity index (χ2v) is 5.91. The van der Waals surface area contributed by atoms with Crippen LogP contribution in [0.25, 0.3) is 0 Å². The highest BCUT2D eigenvalue weighted by atomic mass is 79.9. The molecule has 0 atom stereocenters. The summed E-state index contributed by atoms with van der Waals surface area (Å²) in [5.41, 5.74) is 0.864. The van der Waals surface area contributed by atoms with Crippen molar-refractivity contribution in [3.63, 3.8) is 0 Å². The van der Waals surface area contributed by atoms with Gasteiger partial charge in [-0.2, -0.15) is 0 Å². The molecule has 0 aliphatic rings. The number of aromatic nitrogens is 1. The maximum Gasteiger partial charge on any atom is 0.119 e. The summed E-state index contributed by atoms with van der Waals surface area (Å²) in [7, 11) is 0. The van der Waals surface area contributed by atoms with Crippen molar-refractivity contribution in [2.75, 3.05) is 19.0 Å². The highest BCUT2D eigenvalue weighted by Crippen LogP contribution is 2.24. The molecule has 2 aromatic rings. The summed E-state index contributed by atoms with van der Waals surface area (Å²) in [5.74, 6) is 7.08. The first-order valence-corrected chi connectivity index (χ1v) is 8.13. The van der Waals surface area contributed by atoms with Crippen LogP contribution in [-0.2, 0) is 0 Å². The second-order valence-electron chi connectivity index (χ2n) is 3.97. The molecule has 0 saturated heterocycles. The first kappa shape index (κ1) is 15.9. The molecule has 0 amide bonds. The lowest BCUT2D eigenvalue weighted by molar-refractivity contribution is 0.344. The van der Waals surface area contributed by atoms with Gasteiger partial charge in [0.1, 0.15) is 17.4 Å². The zero-order valence-electron chi connectivity index (χ0n) is 11.3. The van der Waals surface area contributed by atoms with Crippen LogP contribution in [0, 0.1) is 11.8 Å². The van der Waals surface area contributed by atoms with Gasteiger partial charge in [0.25, 0.3) is 0 Å². The van der Waals surface area contributed by atoms with E-state index < -0.39 is 0 Å². The van der Waals surface area contributed by atoms with Gasteiger partial charge in [-0.3, -0.25) is 0 Å². The molecule has 0 radical (unpaired) electrons. The molecule has 1 aromatic heterocycles. The molecule has 0 bridgehead atoms. The number of hydrogen-bond acceptors (Lipinski definition) is 4. The van der Waals surface area contributed by atoms with Crippen LogP contribution in [0.5, 0.6) is 5.75 Å². The molecule has 108 valence electrons. The van der Waals surface area contributed by atoms with Gasteiger partial charge in [-0.25, -0.2) is 4.98 Å². The number of aliphatic hydroxyl groups excluding tert-OH is 1. The van der Waals surface area contributed by atoms with Crippen molar-refractivity contribution >= 4 is 27.7 Å². The molecule has 1 N–H and O–H groups in total. The van der Waals surface area contributed by atoms with Crippen molar-refractivity contribution in [3.8, 4) is 17.6 Å². The molecular weight excluding hydrogens is 350 g/mol. The molecule has 21 heavy (non-hydrogen) atoms. The van der Waals surface area contributed by atoms with E-state index in [0.717, 1.165) is 26.6 Å². The number of ether oxygens (including phenoxy) is 1. The molecule has 0 spiro atoms. The lowest BCUT2D eigenvalue weighted by atomic mass is 10.2. The molecule has 3 nitrogen and oxygen atoms in total. The smallest absolute Gasteiger partial charge is 0.119 e. The Bertz CT molecular complexity index is 635. The van der Waals surface area contributed by atoms with Crippen molar-refractivity contribution in [2.24, 2.45) is 0 Å². The maximum atomic E-state index is 8.63. The maximum absolute atomic E-state index is 8.63. The Morgan fingerprint density at radius 2 is 2.05 bits per heavy atom. The lowest BCUT2D eigenvalue weighted by Crippen LogP contribution is -2.00. The molecule has 0 unspecified atom stereocenters. The Morgan fingerprint density at radius 3 is 2.76 bits per heavy atom. The van der Waals surface area contributed by atoms with Crippen molar-refractivity contribution in [1.29, 1.82) is 0 Å². The molecule has 0 fully saturated rings. The minimum atomic E-state index is -0.126. The Kier molecular flexibility index (Phi) is 6.61. The summed E-state index contributed by atoms with van der Waals surface area (Å²) in [4.78, 5) is 4.29. The Balaban J connectivity index is 1.77. The minimum absolute atomic E-state index is 0.126. The van der Waals surface area contributed by atoms with Crippen molar-refractivity contribution in [3.05, 3.63) is 52.6 Å². The largest absolute Gasteiger partial charge is 0.493 e. The predicted octanol–water partition coefficient (Wildman–Crippen LogP) is 3.36. The Hall–Kier alpha value is -1.48. The normalized spacial score (nSPS) is 9.81. The van der Waals surface area contributed by atoms with Gasteiger partial charge in [0.05, 0.1) is 6.61 Å². The summed E-state index contributed by atoms with van der Waals surface area (Å²) < 4.78 is 6.67. The van der Waals surface area contributed by atoms with Gasteiger partial charge in [0.2, 0.25) is 0 Å². The monoisotopic (exact) mass is 363 g/mol. The first-order chi connectivity index (χ1) is 10.3. The zero-order chi connectivity index (χ0) is 14.9. The van der Waals surface area contributed by atoms with E-state index in [1.165, 1.54) is 0 Å². The summed E-state index contributed by atoms with van der Waals surface area (Å²) in [5, 5.41) is 9.60. The second kappa shape index (κ2) is 8.73. The topological polar surface area (TPSA) is 42.4 Å². The Morgan fingerprint density at radius 1 is 1.24 bits per heavy atom. The van der Waals surface area contributed by atoms with E-state index in [-0.39, 0.29) is 6.61 Å². The summed E-state index contributed by atoms with van der Waals surface area (Å²) in [6.07, 6.45) is 1.78. The molecule has 2 rings (SSSR count). The number of benzene rings is 1. The van der Waals surface area contributed by atoms with E-state index in [0.29, 0.717) is 6.61 Å². The van der Waals surface area contributed by atoms with Crippen molar-refractivity contribution in [2.45, 2.75) is 5.03 Å². The van der Waals surface area contributed by atoms with Crippen molar-refractivity contribution < 1.29 is 9.84 Å². The van der Waals surface area contributed by atoms with Gasteiger partial charge in [-0.15, -0.1) is 11.8 Å². The van der Waals surface area contributed by atoms with E-state index in [1.54, 1.807) is 18.0 Å². The molecule has 0 aliphatic heterocycles. The molecule has 1 heterocycles. The third-order valence-corrected chi connectivity index (χ3v) is 4.35. The summed E-state index contributed by atoms with van der Waals surface area (Å²) in [6, 6.07) is 11.4. The quantitative estimate of drug-likeness (QED) is 0.502. The number of pyridine rings is 1. The van der Waals surface area contributed by atoms with Gasteiger partial charge >= 0.3 is 0 Å². The fourth-order valence-corrected chi connectivity index (χ4v) is 2.85. The number of rotatable bonds is 5. The van der Waals surface area contributed by atoms with Gasteiger partial charge in [-0.1, -0.05) is 11.8 Å². The molecule has 5 heteroatoms. The average Bonchev–Trinajstić information content (AvgIpc) is 2.52. The fourth-order valence-electron chi connectivity index (χ4n) is 1.55. The van der Waals surface area contributed by atoms with Crippen molar-refractivity contribution in [1.82, 2.24) is 4.98 Å². The third-order valence-electron chi connectivity index (χ3n) is 2.48. The molecule has 0 aliphatic carbocycles. The van der Waals surface area contributed by atoms with Crippen LogP contribution in [0.1, 0.15) is 5.56 Å². The first-order valence-electron chi connectivity index (χ1n) is 6.35. The van der Waals surface area contributed by atoms with Crippen LogP contribution in [-0.4, -0.2) is 29.1 Å². The number of thioether (sulfide) groups is 1. The van der Waals surface area contributed by atoms with E-state index in [4.69, 9.17) is 9.84 Å². The zero-order valence-corrected chi connectivity index (χ0v) is 13.7. The number of aliphatic hydroxyl groups is 1.